The van der Waals surface area contributed by atoms with Crippen LogP contribution in [-0.2, 0) is 33.9 Å². The predicted octanol–water partition coefficient (Wildman–Crippen LogP) is 7.77. The highest BCUT2D eigenvalue weighted by atomic mass is 32.2. The number of rotatable bonds is 11. The number of carbonyl (C=O) groups is 4. The zero-order valence-electron chi connectivity index (χ0n) is 38.6. The summed E-state index contributed by atoms with van der Waals surface area (Å²) >= 11 is 0. The van der Waals surface area contributed by atoms with Gasteiger partial charge in [-0.1, -0.05) is 26.0 Å². The first-order chi connectivity index (χ1) is 30.1. The first-order valence-electron chi connectivity index (χ1n) is 22.7. The van der Waals surface area contributed by atoms with Crippen molar-refractivity contribution in [3.63, 3.8) is 0 Å². The molecule has 2 saturated carbocycles. The lowest BCUT2D eigenvalue weighted by Crippen LogP contribution is -2.48. The van der Waals surface area contributed by atoms with Gasteiger partial charge in [0.25, 0.3) is 0 Å². The van der Waals surface area contributed by atoms with Crippen molar-refractivity contribution in [3.8, 4) is 28.8 Å². The largest absolute Gasteiger partial charge is 0.497 e. The van der Waals surface area contributed by atoms with Crippen molar-refractivity contribution in [2.75, 3.05) is 13.7 Å². The lowest BCUT2D eigenvalue weighted by Gasteiger charge is -2.32. The molecule has 4 aliphatic rings. The van der Waals surface area contributed by atoms with Crippen LogP contribution >= 0.6 is 0 Å². The molecule has 64 heavy (non-hydrogen) atoms. The maximum Gasteiger partial charge on any atom is 0.307 e. The first kappa shape index (κ1) is 46.9. The maximum atomic E-state index is 15.1. The molecule has 7 rings (SSSR count). The Kier molecular flexibility index (Phi) is 13.3. The maximum absolute atomic E-state index is 15.1. The van der Waals surface area contributed by atoms with E-state index < -0.39 is 55.7 Å². The summed E-state index contributed by atoms with van der Waals surface area (Å²) in [4.78, 5) is 68.7. The molecule has 2 aliphatic carbocycles. The SMILES string of the molecule is COc1ccc2c(OC3C[C@H]4C(=O)C[C@]5(C(=O)NS(=O)(=O)C6(C)CC6)C[C@H]5/C=C\CC[C@@H](C)C[C@@H](C)[C@H](CC(=O)OC(C)(C)C)C(=O)N4C3)nc(-c3ccc(OC(C)C)nc3)cc2c1. The summed E-state index contributed by atoms with van der Waals surface area (Å²) in [6.45, 7) is 14.9. The summed E-state index contributed by atoms with van der Waals surface area (Å²) in [7, 11) is -2.40. The van der Waals surface area contributed by atoms with Crippen LogP contribution in [0.2, 0.25) is 0 Å². The van der Waals surface area contributed by atoms with Gasteiger partial charge in [0.15, 0.2) is 5.78 Å². The van der Waals surface area contributed by atoms with Crippen LogP contribution in [0, 0.1) is 29.1 Å². The number of carbonyl (C=O) groups excluding carboxylic acids is 4. The van der Waals surface area contributed by atoms with Gasteiger partial charge in [0, 0.05) is 36.1 Å². The van der Waals surface area contributed by atoms with Crippen molar-refractivity contribution in [1.82, 2.24) is 19.6 Å². The molecular formula is C49H64N4O10S. The summed E-state index contributed by atoms with van der Waals surface area (Å²) in [6, 6.07) is 10.0. The quantitative estimate of drug-likeness (QED) is 0.146. The standard InChI is InChI=1S/C49H64N4O10S/c1-29(2)61-42-17-14-32(27-50-42)39-22-33-21-35(60-9)15-16-37(33)44(51-39)62-36-23-40-41(54)26-49(46(57)52-64(58,59)48(8)18-19-48)25-34(49)13-11-10-12-30(3)20-31(4)38(45(56)53(40)28-36)24-43(55)63-47(5,6)7/h11,13-17,21-22,27,29-31,34,36,38,40H,10,12,18-20,23-26,28H2,1-9H3,(H,52,57)/b13-11-/t30-,31-,34-,36?,38+,40+,49-/m1/s1. The zero-order chi connectivity index (χ0) is 46.4. The number of hydrogen-bond acceptors (Lipinski definition) is 12. The number of benzene rings is 1. The Balaban J connectivity index is 1.26. The van der Waals surface area contributed by atoms with Crippen LogP contribution in [0.4, 0.5) is 0 Å². The summed E-state index contributed by atoms with van der Waals surface area (Å²) < 4.78 is 51.9. The molecule has 0 spiro atoms. The summed E-state index contributed by atoms with van der Waals surface area (Å²) in [6.07, 6.45) is 7.83. The van der Waals surface area contributed by atoms with Crippen LogP contribution in [0.25, 0.3) is 22.0 Å². The molecule has 346 valence electrons. The lowest BCUT2D eigenvalue weighted by atomic mass is 9.82. The van der Waals surface area contributed by atoms with E-state index in [2.05, 4.69) is 16.6 Å². The van der Waals surface area contributed by atoms with Gasteiger partial charge in [-0.15, -0.1) is 0 Å². The predicted molar refractivity (Wildman–Crippen MR) is 242 cm³/mol. The second-order valence-electron chi connectivity index (χ2n) is 20.1. The number of methoxy groups -OCH3 is 1. The van der Waals surface area contributed by atoms with Crippen molar-refractivity contribution >= 4 is 44.4 Å². The molecule has 0 radical (unpaired) electrons. The first-order valence-corrected chi connectivity index (χ1v) is 24.2. The Morgan fingerprint density at radius 1 is 1.05 bits per heavy atom. The third-order valence-corrected chi connectivity index (χ3v) is 15.4. The summed E-state index contributed by atoms with van der Waals surface area (Å²) in [5.74, 6) is -1.80. The fraction of sp³-hybridized carbons (Fsp3) is 0.592. The van der Waals surface area contributed by atoms with Gasteiger partial charge in [0.2, 0.25) is 33.6 Å². The van der Waals surface area contributed by atoms with Gasteiger partial charge in [0.05, 0.1) is 54.0 Å². The third kappa shape index (κ3) is 10.4. The minimum Gasteiger partial charge on any atom is -0.497 e. The van der Waals surface area contributed by atoms with E-state index in [1.54, 1.807) is 53.1 Å². The molecule has 0 bridgehead atoms. The number of amides is 2. The average Bonchev–Trinajstić information content (AvgIpc) is 4.10. The van der Waals surface area contributed by atoms with Gasteiger partial charge < -0.3 is 23.8 Å². The number of fused-ring (bicyclic) bond motifs is 3. The molecule has 4 heterocycles. The Labute approximate surface area is 377 Å². The lowest BCUT2D eigenvalue weighted by molar-refractivity contribution is -0.160. The van der Waals surface area contributed by atoms with E-state index in [0.717, 1.165) is 11.8 Å². The fourth-order valence-electron chi connectivity index (χ4n) is 9.22. The molecule has 14 nitrogen and oxygen atoms in total. The van der Waals surface area contributed by atoms with Crippen molar-refractivity contribution < 1.29 is 46.5 Å². The van der Waals surface area contributed by atoms with E-state index in [1.165, 1.54) is 4.90 Å². The van der Waals surface area contributed by atoms with Gasteiger partial charge in [-0.05, 0) is 134 Å². The summed E-state index contributed by atoms with van der Waals surface area (Å²) in [5.41, 5.74) is -0.806. The van der Waals surface area contributed by atoms with Gasteiger partial charge in [-0.2, -0.15) is 0 Å². The molecule has 1 saturated heterocycles. The van der Waals surface area contributed by atoms with E-state index in [0.29, 0.717) is 60.4 Å². The number of pyridine rings is 2. The van der Waals surface area contributed by atoms with E-state index in [1.807, 2.05) is 57.2 Å². The molecule has 2 amide bonds. The number of sulfonamides is 1. The minimum absolute atomic E-state index is 0.00391. The Morgan fingerprint density at radius 3 is 2.45 bits per heavy atom. The Hall–Kier alpha value is -5.05. The third-order valence-electron chi connectivity index (χ3n) is 13.3. The fourth-order valence-corrected chi connectivity index (χ4v) is 10.6. The highest BCUT2D eigenvalue weighted by Crippen LogP contribution is 2.58. The molecular weight excluding hydrogens is 837 g/mol. The van der Waals surface area contributed by atoms with Crippen LogP contribution in [-0.4, -0.2) is 89.1 Å². The van der Waals surface area contributed by atoms with Crippen molar-refractivity contribution in [1.29, 1.82) is 0 Å². The number of esters is 1. The van der Waals surface area contributed by atoms with Gasteiger partial charge >= 0.3 is 5.97 Å². The van der Waals surface area contributed by atoms with Crippen LogP contribution < -0.4 is 18.9 Å². The van der Waals surface area contributed by atoms with E-state index in [4.69, 9.17) is 23.9 Å². The Morgan fingerprint density at radius 2 is 1.80 bits per heavy atom. The zero-order valence-corrected chi connectivity index (χ0v) is 39.5. The molecule has 2 aromatic heterocycles. The number of aromatic nitrogens is 2. The topological polar surface area (TPSA) is 180 Å². The van der Waals surface area contributed by atoms with Crippen LogP contribution in [0.15, 0.2) is 54.7 Å². The van der Waals surface area contributed by atoms with Gasteiger partial charge in [0.1, 0.15) is 17.5 Å². The molecule has 7 atom stereocenters. The molecule has 15 heteroatoms. The average molecular weight is 901 g/mol. The van der Waals surface area contributed by atoms with Crippen LogP contribution in [0.1, 0.15) is 113 Å². The van der Waals surface area contributed by atoms with Gasteiger partial charge in [-0.25, -0.2) is 18.4 Å². The second-order valence-corrected chi connectivity index (χ2v) is 22.3. The smallest absolute Gasteiger partial charge is 0.307 e. The van der Waals surface area contributed by atoms with E-state index >= 15 is 4.79 Å². The van der Waals surface area contributed by atoms with E-state index in [9.17, 15) is 22.8 Å². The normalized spacial score (nSPS) is 27.7. The number of ether oxygens (including phenoxy) is 4. The monoisotopic (exact) mass is 900 g/mol. The van der Waals surface area contributed by atoms with Crippen LogP contribution in [0.3, 0.4) is 0 Å². The number of allylic oxidation sites excluding steroid dienone is 2. The second kappa shape index (κ2) is 18.1. The number of hydrogen-bond donors (Lipinski definition) is 1. The molecule has 1 N–H and O–H groups in total. The number of nitrogens with one attached hydrogen (secondary N) is 1. The van der Waals surface area contributed by atoms with E-state index in [-0.39, 0.29) is 67.2 Å². The molecule has 3 fully saturated rings. The highest BCUT2D eigenvalue weighted by Gasteiger charge is 2.62. The molecule has 1 aromatic carbocycles. The number of Topliss-reactive ketones (excluding diaryl/α,β-unsaturated/α-hetero) is 1. The number of ketones is 1. The van der Waals surface area contributed by atoms with Crippen molar-refractivity contribution in [3.05, 3.63) is 54.7 Å². The molecule has 3 aromatic rings. The number of nitrogens with zero attached hydrogens (tertiary/aromatic N) is 3. The van der Waals surface area contributed by atoms with Crippen molar-refractivity contribution in [2.24, 2.45) is 29.1 Å². The minimum atomic E-state index is -3.99. The molecule has 1 unspecified atom stereocenters. The molecule has 2 aliphatic heterocycles. The highest BCUT2D eigenvalue weighted by molar-refractivity contribution is 7.91. The van der Waals surface area contributed by atoms with Crippen LogP contribution in [0.5, 0.6) is 17.5 Å². The van der Waals surface area contributed by atoms with Crippen molar-refractivity contribution in [2.45, 2.75) is 142 Å². The van der Waals surface area contributed by atoms with Gasteiger partial charge in [-0.3, -0.25) is 23.9 Å². The Bertz CT molecular complexity index is 2410. The summed E-state index contributed by atoms with van der Waals surface area (Å²) in [5, 5.41) is 1.46.